The second-order valence-corrected chi connectivity index (χ2v) is 5.14. The zero-order valence-electron chi connectivity index (χ0n) is 9.60. The fraction of sp³-hybridized carbons (Fsp3) is 0.286. The molecule has 0 saturated carbocycles. The largest absolute Gasteiger partial charge is 0.388 e. The summed E-state index contributed by atoms with van der Waals surface area (Å²) in [5, 5.41) is 12.3. The molecule has 0 aliphatic carbocycles. The van der Waals surface area contributed by atoms with Gasteiger partial charge in [0.05, 0.1) is 6.10 Å². The molecule has 1 aromatic carbocycles. The van der Waals surface area contributed by atoms with Crippen LogP contribution in [-0.2, 0) is 6.42 Å². The third-order valence-corrected chi connectivity index (χ3v) is 3.75. The molecule has 2 aromatic rings. The van der Waals surface area contributed by atoms with E-state index in [2.05, 4.69) is 32.0 Å². The first kappa shape index (κ1) is 11.4. The molecule has 2 rings (SSSR count). The van der Waals surface area contributed by atoms with E-state index in [0.29, 0.717) is 6.42 Å². The lowest BCUT2D eigenvalue weighted by molar-refractivity contribution is 0.178. The monoisotopic (exact) mass is 232 g/mol. The summed E-state index contributed by atoms with van der Waals surface area (Å²) in [6.45, 7) is 4.11. The van der Waals surface area contributed by atoms with Crippen molar-refractivity contribution in [2.24, 2.45) is 0 Å². The number of hydrogen-bond donors (Lipinski definition) is 1. The molecule has 1 nitrogen and oxygen atoms in total. The predicted octanol–water partition coefficient (Wildman–Crippen LogP) is 3.64. The van der Waals surface area contributed by atoms with Gasteiger partial charge in [0.1, 0.15) is 0 Å². The minimum atomic E-state index is -0.389. The van der Waals surface area contributed by atoms with Crippen LogP contribution in [0.15, 0.2) is 35.7 Å². The van der Waals surface area contributed by atoms with Gasteiger partial charge in [-0.05, 0) is 42.0 Å². The normalized spacial score (nSPS) is 12.7. The van der Waals surface area contributed by atoms with Gasteiger partial charge in [0.2, 0.25) is 0 Å². The number of hydrogen-bond acceptors (Lipinski definition) is 2. The maximum atomic E-state index is 10.3. The Kier molecular flexibility index (Phi) is 3.42. The standard InChI is InChI=1S/C14H16OS/c1-10-5-3-6-11(2)14(10)13(15)9-12-7-4-8-16-12/h3-8,13,15H,9H2,1-2H3. The van der Waals surface area contributed by atoms with Crippen LogP contribution in [-0.4, -0.2) is 5.11 Å². The molecule has 0 saturated heterocycles. The van der Waals surface area contributed by atoms with Gasteiger partial charge >= 0.3 is 0 Å². The van der Waals surface area contributed by atoms with E-state index < -0.39 is 0 Å². The van der Waals surface area contributed by atoms with Crippen LogP contribution in [0.2, 0.25) is 0 Å². The summed E-state index contributed by atoms with van der Waals surface area (Å²) in [5.74, 6) is 0. The van der Waals surface area contributed by atoms with E-state index in [1.165, 1.54) is 16.0 Å². The Balaban J connectivity index is 2.24. The van der Waals surface area contributed by atoms with E-state index in [1.54, 1.807) is 11.3 Å². The smallest absolute Gasteiger partial charge is 0.0843 e. The number of aryl methyl sites for hydroxylation is 2. The molecular weight excluding hydrogens is 216 g/mol. The van der Waals surface area contributed by atoms with E-state index in [1.807, 2.05) is 17.5 Å². The van der Waals surface area contributed by atoms with Gasteiger partial charge in [-0.15, -0.1) is 11.3 Å². The number of benzene rings is 1. The van der Waals surface area contributed by atoms with Crippen molar-refractivity contribution in [3.8, 4) is 0 Å². The van der Waals surface area contributed by atoms with E-state index >= 15 is 0 Å². The second-order valence-electron chi connectivity index (χ2n) is 4.10. The summed E-state index contributed by atoms with van der Waals surface area (Å²) in [7, 11) is 0. The topological polar surface area (TPSA) is 20.2 Å². The zero-order valence-corrected chi connectivity index (χ0v) is 10.4. The first-order chi connectivity index (χ1) is 7.68. The minimum Gasteiger partial charge on any atom is -0.388 e. The highest BCUT2D eigenvalue weighted by atomic mass is 32.1. The molecule has 0 fully saturated rings. The molecule has 0 amide bonds. The van der Waals surface area contributed by atoms with Crippen molar-refractivity contribution < 1.29 is 5.11 Å². The predicted molar refractivity (Wildman–Crippen MR) is 68.9 cm³/mol. The third kappa shape index (κ3) is 2.34. The van der Waals surface area contributed by atoms with Gasteiger partial charge in [-0.3, -0.25) is 0 Å². The number of aliphatic hydroxyl groups excluding tert-OH is 1. The van der Waals surface area contributed by atoms with Crippen LogP contribution in [0.25, 0.3) is 0 Å². The van der Waals surface area contributed by atoms with Crippen molar-refractivity contribution in [2.45, 2.75) is 26.4 Å². The van der Waals surface area contributed by atoms with Gasteiger partial charge in [-0.2, -0.15) is 0 Å². The van der Waals surface area contributed by atoms with E-state index in [0.717, 1.165) is 5.56 Å². The van der Waals surface area contributed by atoms with Crippen LogP contribution < -0.4 is 0 Å². The lowest BCUT2D eigenvalue weighted by atomic mass is 9.96. The quantitative estimate of drug-likeness (QED) is 0.856. The zero-order chi connectivity index (χ0) is 11.5. The van der Waals surface area contributed by atoms with Crippen molar-refractivity contribution in [1.82, 2.24) is 0 Å². The maximum Gasteiger partial charge on any atom is 0.0843 e. The summed E-state index contributed by atoms with van der Waals surface area (Å²) < 4.78 is 0. The maximum absolute atomic E-state index is 10.3. The first-order valence-electron chi connectivity index (χ1n) is 5.45. The molecule has 1 atom stereocenters. The SMILES string of the molecule is Cc1cccc(C)c1C(O)Cc1cccs1. The van der Waals surface area contributed by atoms with Crippen LogP contribution in [0.1, 0.15) is 27.7 Å². The molecule has 84 valence electrons. The van der Waals surface area contributed by atoms with E-state index in [-0.39, 0.29) is 6.10 Å². The summed E-state index contributed by atoms with van der Waals surface area (Å²) in [6, 6.07) is 10.2. The molecule has 16 heavy (non-hydrogen) atoms. The first-order valence-corrected chi connectivity index (χ1v) is 6.33. The molecule has 0 bridgehead atoms. The van der Waals surface area contributed by atoms with Gasteiger partial charge in [0, 0.05) is 11.3 Å². The molecule has 1 heterocycles. The van der Waals surface area contributed by atoms with Crippen molar-refractivity contribution in [3.05, 3.63) is 57.3 Å². The molecule has 1 unspecified atom stereocenters. The van der Waals surface area contributed by atoms with Crippen molar-refractivity contribution in [3.63, 3.8) is 0 Å². The Hall–Kier alpha value is -1.12. The molecule has 0 aliphatic heterocycles. The van der Waals surface area contributed by atoms with Crippen molar-refractivity contribution in [1.29, 1.82) is 0 Å². The molecule has 0 radical (unpaired) electrons. The van der Waals surface area contributed by atoms with Crippen molar-refractivity contribution >= 4 is 11.3 Å². The molecule has 1 N–H and O–H groups in total. The van der Waals surface area contributed by atoms with Crippen LogP contribution in [0, 0.1) is 13.8 Å². The second kappa shape index (κ2) is 4.81. The highest BCUT2D eigenvalue weighted by molar-refractivity contribution is 7.09. The van der Waals surface area contributed by atoms with Gasteiger partial charge < -0.3 is 5.11 Å². The summed E-state index contributed by atoms with van der Waals surface area (Å²) in [6.07, 6.45) is 0.323. The van der Waals surface area contributed by atoms with Crippen LogP contribution in [0.5, 0.6) is 0 Å². The molecule has 0 spiro atoms. The van der Waals surface area contributed by atoms with Gasteiger partial charge in [0.15, 0.2) is 0 Å². The molecule has 1 aromatic heterocycles. The van der Waals surface area contributed by atoms with Gasteiger partial charge in [-0.1, -0.05) is 24.3 Å². The van der Waals surface area contributed by atoms with Gasteiger partial charge in [0.25, 0.3) is 0 Å². The Bertz CT molecular complexity index is 439. The summed E-state index contributed by atoms with van der Waals surface area (Å²) in [4.78, 5) is 1.23. The highest BCUT2D eigenvalue weighted by Crippen LogP contribution is 2.26. The Morgan fingerprint density at radius 1 is 1.12 bits per heavy atom. The average molecular weight is 232 g/mol. The Morgan fingerprint density at radius 3 is 2.38 bits per heavy atom. The molecule has 2 heteroatoms. The van der Waals surface area contributed by atoms with Crippen LogP contribution in [0.4, 0.5) is 0 Å². The summed E-state index contributed by atoms with van der Waals surface area (Å²) in [5.41, 5.74) is 3.42. The number of rotatable bonds is 3. The number of thiophene rings is 1. The average Bonchev–Trinajstić information content (AvgIpc) is 2.70. The summed E-state index contributed by atoms with van der Waals surface area (Å²) >= 11 is 1.70. The lowest BCUT2D eigenvalue weighted by Gasteiger charge is -2.15. The minimum absolute atomic E-state index is 0.389. The van der Waals surface area contributed by atoms with Crippen LogP contribution >= 0.6 is 11.3 Å². The Labute approximate surface area is 100 Å². The fourth-order valence-electron chi connectivity index (χ4n) is 2.07. The highest BCUT2D eigenvalue weighted by Gasteiger charge is 2.13. The molecular formula is C14H16OS. The number of aliphatic hydroxyl groups is 1. The molecule has 0 aliphatic rings. The van der Waals surface area contributed by atoms with E-state index in [4.69, 9.17) is 0 Å². The van der Waals surface area contributed by atoms with Crippen LogP contribution in [0.3, 0.4) is 0 Å². The van der Waals surface area contributed by atoms with E-state index in [9.17, 15) is 5.11 Å². The fourth-order valence-corrected chi connectivity index (χ4v) is 2.82. The lowest BCUT2D eigenvalue weighted by Crippen LogP contribution is -2.05. The van der Waals surface area contributed by atoms with Gasteiger partial charge in [-0.25, -0.2) is 0 Å². The Morgan fingerprint density at radius 2 is 1.81 bits per heavy atom. The van der Waals surface area contributed by atoms with Crippen molar-refractivity contribution in [2.75, 3.05) is 0 Å². The third-order valence-electron chi connectivity index (χ3n) is 2.85.